The van der Waals surface area contributed by atoms with E-state index < -0.39 is 6.61 Å². The molecule has 0 N–H and O–H groups in total. The Kier molecular flexibility index (Phi) is 7.98. The lowest BCUT2D eigenvalue weighted by atomic mass is 10.2. The number of likely N-dealkylation sites (tertiary alicyclic amines) is 1. The summed E-state index contributed by atoms with van der Waals surface area (Å²) in [5, 5.41) is 0. The third-order valence-electron chi connectivity index (χ3n) is 5.64. The number of benzene rings is 1. The van der Waals surface area contributed by atoms with Crippen LogP contribution in [0.5, 0.6) is 5.75 Å². The van der Waals surface area contributed by atoms with Gasteiger partial charge in [-0.15, -0.1) is 0 Å². The van der Waals surface area contributed by atoms with E-state index in [0.29, 0.717) is 19.6 Å². The predicted molar refractivity (Wildman–Crippen MR) is 108 cm³/mol. The van der Waals surface area contributed by atoms with Crippen LogP contribution in [-0.4, -0.2) is 97.4 Å². The van der Waals surface area contributed by atoms with Gasteiger partial charge in [0.1, 0.15) is 5.75 Å². The number of carbonyl (C=O) groups excluding carboxylic acids is 2. The summed E-state index contributed by atoms with van der Waals surface area (Å²) in [4.78, 5) is 32.7. The number of carbonyl (C=O) groups is 2. The smallest absolute Gasteiger partial charge is 0.387 e. The number of alkyl halides is 2. The number of halogens is 2. The van der Waals surface area contributed by atoms with Crippen LogP contribution in [0.2, 0.25) is 0 Å². The lowest BCUT2D eigenvalue weighted by Crippen LogP contribution is -2.51. The zero-order chi connectivity index (χ0) is 21.5. The fourth-order valence-corrected chi connectivity index (χ4v) is 3.81. The number of piperazine rings is 1. The van der Waals surface area contributed by atoms with E-state index in [-0.39, 0.29) is 17.6 Å². The van der Waals surface area contributed by atoms with Crippen molar-refractivity contribution in [1.29, 1.82) is 0 Å². The molecule has 0 radical (unpaired) electrons. The largest absolute Gasteiger partial charge is 0.435 e. The molecule has 2 saturated heterocycles. The zero-order valence-corrected chi connectivity index (χ0v) is 17.4. The summed E-state index contributed by atoms with van der Waals surface area (Å²) in [6, 6.07) is 6.31. The summed E-state index contributed by atoms with van der Waals surface area (Å²) in [5.74, 6) is 0.315. The second kappa shape index (κ2) is 10.7. The highest BCUT2D eigenvalue weighted by Gasteiger charge is 2.24. The molecule has 2 heterocycles. The van der Waals surface area contributed by atoms with E-state index in [4.69, 9.17) is 0 Å². The van der Waals surface area contributed by atoms with E-state index in [0.717, 1.165) is 57.7 Å². The number of hydrogen-bond donors (Lipinski definition) is 0. The average Bonchev–Trinajstić information content (AvgIpc) is 3.25. The van der Waals surface area contributed by atoms with Crippen molar-refractivity contribution in [2.75, 3.05) is 59.4 Å². The second-order valence-electron chi connectivity index (χ2n) is 7.91. The van der Waals surface area contributed by atoms with Crippen LogP contribution >= 0.6 is 0 Å². The molecular formula is C21H30F2N4O3. The topological polar surface area (TPSA) is 56.3 Å². The van der Waals surface area contributed by atoms with Crippen LogP contribution in [0.15, 0.2) is 24.3 Å². The first-order valence-corrected chi connectivity index (χ1v) is 10.4. The maximum Gasteiger partial charge on any atom is 0.387 e. The molecule has 0 bridgehead atoms. The number of nitrogens with zero attached hydrogens (tertiary/aromatic N) is 4. The summed E-state index contributed by atoms with van der Waals surface area (Å²) in [5.41, 5.74) is 0.845. The molecule has 166 valence electrons. The van der Waals surface area contributed by atoms with E-state index in [1.165, 1.54) is 12.1 Å². The van der Waals surface area contributed by atoms with Crippen molar-refractivity contribution in [2.24, 2.45) is 0 Å². The lowest BCUT2D eigenvalue weighted by molar-refractivity contribution is -0.134. The Morgan fingerprint density at radius 3 is 2.10 bits per heavy atom. The molecule has 7 nitrogen and oxygen atoms in total. The fraction of sp³-hybridized carbons (Fsp3) is 0.619. The molecule has 2 aliphatic rings. The standard InChI is InChI=1S/C21H30F2N4O3/c1-24(14-17-4-6-18(7-5-17)30-21(22)23)19(28)15-25-10-12-26(13-11-25)16-20(29)27-8-2-3-9-27/h4-7,21H,2-3,8-16H2,1H3. The molecule has 1 aromatic carbocycles. The summed E-state index contributed by atoms with van der Waals surface area (Å²) in [7, 11) is 1.73. The molecule has 1 aromatic rings. The SMILES string of the molecule is CN(Cc1ccc(OC(F)F)cc1)C(=O)CN1CCN(CC(=O)N2CCCC2)CC1. The Hall–Kier alpha value is -2.26. The van der Waals surface area contributed by atoms with Gasteiger partial charge in [0.05, 0.1) is 13.1 Å². The van der Waals surface area contributed by atoms with Crippen LogP contribution in [0.3, 0.4) is 0 Å². The van der Waals surface area contributed by atoms with Gasteiger partial charge < -0.3 is 14.5 Å². The van der Waals surface area contributed by atoms with Gasteiger partial charge in [0.15, 0.2) is 0 Å². The Morgan fingerprint density at radius 2 is 1.53 bits per heavy atom. The number of amides is 2. The highest BCUT2D eigenvalue weighted by atomic mass is 19.3. The third-order valence-corrected chi connectivity index (χ3v) is 5.64. The molecule has 0 spiro atoms. The Balaban J connectivity index is 1.38. The van der Waals surface area contributed by atoms with Crippen LogP contribution in [0.25, 0.3) is 0 Å². The first-order chi connectivity index (χ1) is 14.4. The van der Waals surface area contributed by atoms with Gasteiger partial charge >= 0.3 is 6.61 Å². The van der Waals surface area contributed by atoms with Crippen molar-refractivity contribution >= 4 is 11.8 Å². The maximum absolute atomic E-state index is 12.5. The quantitative estimate of drug-likeness (QED) is 0.633. The minimum atomic E-state index is -2.85. The zero-order valence-electron chi connectivity index (χ0n) is 17.4. The normalized spacial score (nSPS) is 18.1. The van der Waals surface area contributed by atoms with Crippen molar-refractivity contribution in [3.05, 3.63) is 29.8 Å². The van der Waals surface area contributed by atoms with Crippen LogP contribution < -0.4 is 4.74 Å². The highest BCUT2D eigenvalue weighted by Crippen LogP contribution is 2.16. The van der Waals surface area contributed by atoms with Gasteiger partial charge in [0.2, 0.25) is 11.8 Å². The molecule has 2 amide bonds. The van der Waals surface area contributed by atoms with E-state index >= 15 is 0 Å². The van der Waals surface area contributed by atoms with Crippen molar-refractivity contribution < 1.29 is 23.1 Å². The summed E-state index contributed by atoms with van der Waals surface area (Å²) in [6.45, 7) is 3.17. The lowest BCUT2D eigenvalue weighted by Gasteiger charge is -2.35. The van der Waals surface area contributed by atoms with Gasteiger partial charge in [-0.3, -0.25) is 19.4 Å². The molecule has 2 aliphatic heterocycles. The van der Waals surface area contributed by atoms with Gasteiger partial charge in [-0.05, 0) is 30.5 Å². The second-order valence-corrected chi connectivity index (χ2v) is 7.91. The molecule has 0 aliphatic carbocycles. The molecule has 0 aromatic heterocycles. The average molecular weight is 424 g/mol. The number of hydrogen-bond acceptors (Lipinski definition) is 5. The molecule has 3 rings (SSSR count). The van der Waals surface area contributed by atoms with Gasteiger partial charge in [-0.2, -0.15) is 8.78 Å². The van der Waals surface area contributed by atoms with Gasteiger partial charge in [-0.25, -0.2) is 0 Å². The molecule has 2 fully saturated rings. The van der Waals surface area contributed by atoms with Gasteiger partial charge in [-0.1, -0.05) is 12.1 Å². The highest BCUT2D eigenvalue weighted by molar-refractivity contribution is 5.79. The Bertz CT molecular complexity index is 703. The fourth-order valence-electron chi connectivity index (χ4n) is 3.81. The van der Waals surface area contributed by atoms with Crippen molar-refractivity contribution in [3.8, 4) is 5.75 Å². The van der Waals surface area contributed by atoms with Crippen LogP contribution in [0.1, 0.15) is 18.4 Å². The van der Waals surface area contributed by atoms with Crippen LogP contribution in [0, 0.1) is 0 Å². The van der Waals surface area contributed by atoms with E-state index in [1.54, 1.807) is 24.1 Å². The summed E-state index contributed by atoms with van der Waals surface area (Å²) in [6.07, 6.45) is 2.20. The van der Waals surface area contributed by atoms with Crippen molar-refractivity contribution in [2.45, 2.75) is 26.0 Å². The van der Waals surface area contributed by atoms with Gasteiger partial charge in [0, 0.05) is 52.9 Å². The first kappa shape index (κ1) is 22.4. The molecule has 30 heavy (non-hydrogen) atoms. The number of likely N-dealkylation sites (N-methyl/N-ethyl adjacent to an activating group) is 1. The molecule has 0 unspecified atom stereocenters. The summed E-state index contributed by atoms with van der Waals surface area (Å²) < 4.78 is 28.8. The minimum absolute atomic E-state index is 0.00417. The minimum Gasteiger partial charge on any atom is -0.435 e. The Labute approximate surface area is 176 Å². The van der Waals surface area contributed by atoms with E-state index in [9.17, 15) is 18.4 Å². The molecular weight excluding hydrogens is 394 g/mol. The number of rotatable bonds is 8. The Morgan fingerprint density at radius 1 is 0.967 bits per heavy atom. The first-order valence-electron chi connectivity index (χ1n) is 10.4. The summed E-state index contributed by atoms with van der Waals surface area (Å²) >= 11 is 0. The number of ether oxygens (including phenoxy) is 1. The van der Waals surface area contributed by atoms with E-state index in [2.05, 4.69) is 14.5 Å². The van der Waals surface area contributed by atoms with Crippen molar-refractivity contribution in [1.82, 2.24) is 19.6 Å². The van der Waals surface area contributed by atoms with E-state index in [1.807, 2.05) is 4.90 Å². The molecule has 0 atom stereocenters. The third kappa shape index (κ3) is 6.63. The molecule has 0 saturated carbocycles. The molecule has 9 heteroatoms. The monoisotopic (exact) mass is 424 g/mol. The maximum atomic E-state index is 12.5. The predicted octanol–water partition coefficient (Wildman–Crippen LogP) is 1.49. The van der Waals surface area contributed by atoms with Crippen LogP contribution in [0.4, 0.5) is 8.78 Å². The van der Waals surface area contributed by atoms with Crippen LogP contribution in [-0.2, 0) is 16.1 Å². The van der Waals surface area contributed by atoms with Gasteiger partial charge in [0.25, 0.3) is 0 Å². The van der Waals surface area contributed by atoms with Crippen molar-refractivity contribution in [3.63, 3.8) is 0 Å².